The molecule has 2 rings (SSSR count). The summed E-state index contributed by atoms with van der Waals surface area (Å²) in [5.74, 6) is -0.742. The fourth-order valence-corrected chi connectivity index (χ4v) is 2.50. The van der Waals surface area contributed by atoms with Crippen molar-refractivity contribution in [3.8, 4) is 0 Å². The molecule has 0 aliphatic rings. The van der Waals surface area contributed by atoms with Crippen LogP contribution in [0.2, 0.25) is 10.0 Å². The minimum absolute atomic E-state index is 0.0606. The summed E-state index contributed by atoms with van der Waals surface area (Å²) in [5.41, 5.74) is -0.267. The van der Waals surface area contributed by atoms with E-state index in [0.29, 0.717) is 6.08 Å². The van der Waals surface area contributed by atoms with E-state index in [4.69, 9.17) is 23.2 Å². The van der Waals surface area contributed by atoms with Crippen molar-refractivity contribution in [2.45, 2.75) is 13.1 Å². The molecular weight excluding hydrogens is 348 g/mol. The Morgan fingerprint density at radius 2 is 1.48 bits per heavy atom. The van der Waals surface area contributed by atoms with Gasteiger partial charge in [0, 0.05) is 15.6 Å². The summed E-state index contributed by atoms with van der Waals surface area (Å²) in [7, 11) is 0. The lowest BCUT2D eigenvalue weighted by molar-refractivity contribution is -0.0689. The highest BCUT2D eigenvalue weighted by molar-refractivity contribution is 6.35. The van der Waals surface area contributed by atoms with E-state index in [-0.39, 0.29) is 21.2 Å². The predicted molar refractivity (Wildman–Crippen MR) is 86.0 cm³/mol. The van der Waals surface area contributed by atoms with Crippen LogP contribution in [-0.4, -0.2) is 12.0 Å². The molecule has 0 saturated carbocycles. The lowest BCUT2D eigenvalue weighted by atomic mass is 10.0. The fraction of sp³-hybridized carbons (Fsp3) is 0.118. The molecule has 0 aromatic heterocycles. The van der Waals surface area contributed by atoms with Gasteiger partial charge in [-0.15, -0.1) is 0 Å². The fourth-order valence-electron chi connectivity index (χ4n) is 1.97. The van der Waals surface area contributed by atoms with Gasteiger partial charge in [0.25, 0.3) is 0 Å². The summed E-state index contributed by atoms with van der Waals surface area (Å²) in [6.45, 7) is 1.82. The molecule has 0 fully saturated rings. The van der Waals surface area contributed by atoms with Crippen molar-refractivity contribution >= 4 is 34.6 Å². The third kappa shape index (κ3) is 4.60. The quantitative estimate of drug-likeness (QED) is 0.476. The van der Waals surface area contributed by atoms with Crippen LogP contribution < -0.4 is 0 Å². The van der Waals surface area contributed by atoms with Gasteiger partial charge in [0.15, 0.2) is 5.78 Å². The molecule has 6 heteroatoms. The minimum atomic E-state index is -4.71. The van der Waals surface area contributed by atoms with Gasteiger partial charge in [0.1, 0.15) is 0 Å². The maximum Gasteiger partial charge on any atom is 0.417 e. The van der Waals surface area contributed by atoms with Crippen LogP contribution in [0.1, 0.15) is 21.5 Å². The molecule has 0 aliphatic heterocycles. The molecule has 0 unspecified atom stereocenters. The molecule has 2 aromatic carbocycles. The Morgan fingerprint density at radius 1 is 0.957 bits per heavy atom. The second-order valence-electron chi connectivity index (χ2n) is 4.94. The number of rotatable bonds is 3. The molecule has 0 aliphatic carbocycles. The lowest BCUT2D eigenvalue weighted by Crippen LogP contribution is -2.13. The Kier molecular flexibility index (Phi) is 5.17. The number of alkyl halides is 3. The first kappa shape index (κ1) is 17.6. The summed E-state index contributed by atoms with van der Waals surface area (Å²) in [6.07, 6.45) is -4.15. The summed E-state index contributed by atoms with van der Waals surface area (Å²) in [4.78, 5) is 12.1. The van der Waals surface area contributed by atoms with Crippen LogP contribution in [-0.2, 0) is 0 Å². The van der Waals surface area contributed by atoms with Crippen LogP contribution in [0.3, 0.4) is 0 Å². The van der Waals surface area contributed by atoms with Gasteiger partial charge in [-0.3, -0.25) is 4.79 Å². The first-order chi connectivity index (χ1) is 10.7. The molecular formula is C17H11Cl2F3O. The molecule has 1 nitrogen and oxygen atoms in total. The highest BCUT2D eigenvalue weighted by Crippen LogP contribution is 2.36. The van der Waals surface area contributed by atoms with Gasteiger partial charge in [-0.2, -0.15) is 13.2 Å². The first-order valence-electron chi connectivity index (χ1n) is 6.53. The minimum Gasteiger partial charge on any atom is -0.289 e. The third-order valence-corrected chi connectivity index (χ3v) is 3.53. The largest absolute Gasteiger partial charge is 0.417 e. The Labute approximate surface area is 141 Å². The molecule has 0 radical (unpaired) electrons. The van der Waals surface area contributed by atoms with Crippen LogP contribution >= 0.6 is 23.2 Å². The third-order valence-electron chi connectivity index (χ3n) is 3.09. The molecule has 0 heterocycles. The summed E-state index contributed by atoms with van der Waals surface area (Å²) < 4.78 is 39.9. The molecule has 0 spiro atoms. The van der Waals surface area contributed by atoms with Crippen molar-refractivity contribution in [3.63, 3.8) is 0 Å². The normalized spacial score (nSPS) is 12.3. The Hall–Kier alpha value is -1.78. The van der Waals surface area contributed by atoms with E-state index in [2.05, 4.69) is 0 Å². The van der Waals surface area contributed by atoms with Gasteiger partial charge in [-0.05, 0) is 36.8 Å². The first-order valence-corrected chi connectivity index (χ1v) is 7.29. The van der Waals surface area contributed by atoms with Crippen LogP contribution in [0.4, 0.5) is 13.2 Å². The SMILES string of the molecule is Cc1ccc(C(=O)/C=C(\c2cc(Cl)cc(Cl)c2)C(F)(F)F)cc1. The smallest absolute Gasteiger partial charge is 0.289 e. The zero-order valence-electron chi connectivity index (χ0n) is 11.9. The second-order valence-corrected chi connectivity index (χ2v) is 5.82. The van der Waals surface area contributed by atoms with Gasteiger partial charge in [0.05, 0.1) is 5.57 Å². The van der Waals surface area contributed by atoms with E-state index >= 15 is 0 Å². The number of hydrogen-bond acceptors (Lipinski definition) is 1. The Morgan fingerprint density at radius 3 is 1.96 bits per heavy atom. The molecule has 0 amide bonds. The van der Waals surface area contributed by atoms with Gasteiger partial charge in [-0.25, -0.2) is 0 Å². The number of hydrogen-bond donors (Lipinski definition) is 0. The maximum absolute atomic E-state index is 13.3. The predicted octanol–water partition coefficient (Wildman–Crippen LogP) is 6.13. The number of ketones is 1. The van der Waals surface area contributed by atoms with Gasteiger partial charge < -0.3 is 0 Å². The van der Waals surface area contributed by atoms with E-state index in [1.165, 1.54) is 18.2 Å². The van der Waals surface area contributed by atoms with Gasteiger partial charge in [0.2, 0.25) is 0 Å². The number of carbonyl (C=O) groups excluding carboxylic acids is 1. The van der Waals surface area contributed by atoms with Crippen molar-refractivity contribution in [1.29, 1.82) is 0 Å². The van der Waals surface area contributed by atoms with Crippen molar-refractivity contribution in [1.82, 2.24) is 0 Å². The lowest BCUT2D eigenvalue weighted by Gasteiger charge is -2.13. The highest BCUT2D eigenvalue weighted by Gasteiger charge is 2.35. The monoisotopic (exact) mass is 358 g/mol. The molecule has 120 valence electrons. The van der Waals surface area contributed by atoms with Crippen LogP contribution in [0.5, 0.6) is 0 Å². The zero-order chi connectivity index (χ0) is 17.2. The second kappa shape index (κ2) is 6.77. The van der Waals surface area contributed by atoms with E-state index in [1.54, 1.807) is 12.1 Å². The maximum atomic E-state index is 13.3. The van der Waals surface area contributed by atoms with E-state index in [0.717, 1.165) is 17.7 Å². The van der Waals surface area contributed by atoms with Gasteiger partial charge >= 0.3 is 6.18 Å². The standard InChI is InChI=1S/C17H11Cl2F3O/c1-10-2-4-11(5-3-10)16(23)9-15(17(20,21)22)12-6-13(18)8-14(19)7-12/h2-9H,1H3/b15-9+. The van der Waals surface area contributed by atoms with E-state index in [9.17, 15) is 18.0 Å². The highest BCUT2D eigenvalue weighted by atomic mass is 35.5. The molecule has 2 aromatic rings. The van der Waals surface area contributed by atoms with Crippen molar-refractivity contribution in [3.05, 3.63) is 75.3 Å². The Balaban J connectivity index is 2.50. The number of carbonyl (C=O) groups is 1. The van der Waals surface area contributed by atoms with Crippen LogP contribution in [0.15, 0.2) is 48.5 Å². The Bertz CT molecular complexity index is 742. The van der Waals surface area contributed by atoms with Crippen LogP contribution in [0.25, 0.3) is 5.57 Å². The summed E-state index contributed by atoms with van der Waals surface area (Å²) in [6, 6.07) is 9.84. The van der Waals surface area contributed by atoms with Crippen molar-refractivity contribution in [2.24, 2.45) is 0 Å². The zero-order valence-corrected chi connectivity index (χ0v) is 13.4. The molecule has 0 saturated heterocycles. The molecule has 0 bridgehead atoms. The average molecular weight is 359 g/mol. The summed E-state index contributed by atoms with van der Waals surface area (Å²) in [5, 5.41) is 0.121. The number of benzene rings is 2. The molecule has 23 heavy (non-hydrogen) atoms. The topological polar surface area (TPSA) is 17.1 Å². The van der Waals surface area contributed by atoms with Crippen molar-refractivity contribution in [2.75, 3.05) is 0 Å². The van der Waals surface area contributed by atoms with Crippen molar-refractivity contribution < 1.29 is 18.0 Å². The number of allylic oxidation sites excluding steroid dienone is 2. The molecule has 0 N–H and O–H groups in total. The molecule has 0 atom stereocenters. The average Bonchev–Trinajstić information content (AvgIpc) is 2.42. The van der Waals surface area contributed by atoms with E-state index < -0.39 is 17.5 Å². The van der Waals surface area contributed by atoms with Gasteiger partial charge in [-0.1, -0.05) is 53.0 Å². The summed E-state index contributed by atoms with van der Waals surface area (Å²) >= 11 is 11.5. The van der Waals surface area contributed by atoms with E-state index in [1.807, 2.05) is 6.92 Å². The number of halogens is 5. The van der Waals surface area contributed by atoms with Crippen LogP contribution in [0, 0.1) is 6.92 Å². The number of aryl methyl sites for hydroxylation is 1.